The normalized spacial score (nSPS) is 15.3. The summed E-state index contributed by atoms with van der Waals surface area (Å²) in [6, 6.07) is 7.13. The molecule has 1 atom stereocenters. The van der Waals surface area contributed by atoms with Gasteiger partial charge in [-0.3, -0.25) is 14.4 Å². The number of esters is 1. The molecular formula is C19H26N2O4S. The zero-order valence-corrected chi connectivity index (χ0v) is 16.1. The lowest BCUT2D eigenvalue weighted by molar-refractivity contribution is -0.139. The lowest BCUT2D eigenvalue weighted by atomic mass is 10.1. The van der Waals surface area contributed by atoms with Crippen LogP contribution in [-0.4, -0.2) is 43.2 Å². The lowest BCUT2D eigenvalue weighted by Gasteiger charge is -2.14. The van der Waals surface area contributed by atoms with Gasteiger partial charge in [-0.1, -0.05) is 25.0 Å². The largest absolute Gasteiger partial charge is 0.468 e. The summed E-state index contributed by atoms with van der Waals surface area (Å²) >= 11 is 1.29. The molecule has 0 heterocycles. The van der Waals surface area contributed by atoms with Crippen molar-refractivity contribution < 1.29 is 19.1 Å². The summed E-state index contributed by atoms with van der Waals surface area (Å²) in [7, 11) is 1.35. The maximum absolute atomic E-state index is 12.4. The number of amides is 2. The topological polar surface area (TPSA) is 84.5 Å². The Kier molecular flexibility index (Phi) is 7.97. The lowest BCUT2D eigenvalue weighted by Crippen LogP contribution is -2.37. The van der Waals surface area contributed by atoms with E-state index in [9.17, 15) is 14.4 Å². The summed E-state index contributed by atoms with van der Waals surface area (Å²) in [5.41, 5.74) is 0.510. The monoisotopic (exact) mass is 378 g/mol. The highest BCUT2D eigenvalue weighted by Gasteiger charge is 2.22. The van der Waals surface area contributed by atoms with Gasteiger partial charge in [0.15, 0.2) is 0 Å². The van der Waals surface area contributed by atoms with E-state index in [0.29, 0.717) is 18.7 Å². The van der Waals surface area contributed by atoms with Crippen molar-refractivity contribution in [1.82, 2.24) is 10.6 Å². The van der Waals surface area contributed by atoms with Gasteiger partial charge in [0.1, 0.15) is 5.25 Å². The molecule has 7 heteroatoms. The number of ether oxygens (including phenoxy) is 1. The fourth-order valence-electron chi connectivity index (χ4n) is 2.95. The molecule has 2 rings (SSSR count). The van der Waals surface area contributed by atoms with E-state index in [2.05, 4.69) is 10.6 Å². The number of carbonyl (C=O) groups is 3. The highest BCUT2D eigenvalue weighted by Crippen LogP contribution is 2.27. The minimum Gasteiger partial charge on any atom is -0.468 e. The number of nitrogens with one attached hydrogen (secondary N) is 2. The van der Waals surface area contributed by atoms with Gasteiger partial charge in [-0.15, -0.1) is 11.8 Å². The quantitative estimate of drug-likeness (QED) is 0.412. The van der Waals surface area contributed by atoms with Crippen molar-refractivity contribution in [1.29, 1.82) is 0 Å². The Morgan fingerprint density at radius 3 is 2.50 bits per heavy atom. The predicted octanol–water partition coefficient (Wildman–Crippen LogP) is 2.38. The number of thioether (sulfide) groups is 1. The Hall–Kier alpha value is -2.02. The maximum Gasteiger partial charge on any atom is 0.318 e. The molecule has 1 fully saturated rings. The molecule has 1 aromatic carbocycles. The average molecular weight is 378 g/mol. The minimum atomic E-state index is -0.403. The Morgan fingerprint density at radius 2 is 1.81 bits per heavy atom. The first-order valence-corrected chi connectivity index (χ1v) is 9.80. The van der Waals surface area contributed by atoms with Crippen LogP contribution in [-0.2, 0) is 14.3 Å². The van der Waals surface area contributed by atoms with Crippen LogP contribution in [0.25, 0.3) is 0 Å². The van der Waals surface area contributed by atoms with Crippen LogP contribution in [0.15, 0.2) is 29.2 Å². The number of carbonyl (C=O) groups excluding carboxylic acids is 3. The van der Waals surface area contributed by atoms with Crippen molar-refractivity contribution >= 4 is 29.5 Å². The summed E-state index contributed by atoms with van der Waals surface area (Å²) in [6.07, 6.45) is 4.16. The average Bonchev–Trinajstić information content (AvgIpc) is 3.19. The van der Waals surface area contributed by atoms with Gasteiger partial charge < -0.3 is 15.4 Å². The van der Waals surface area contributed by atoms with Gasteiger partial charge in [0.2, 0.25) is 5.91 Å². The molecule has 0 saturated heterocycles. The zero-order valence-electron chi connectivity index (χ0n) is 15.2. The minimum absolute atomic E-state index is 0.0830. The van der Waals surface area contributed by atoms with E-state index in [1.807, 2.05) is 6.07 Å². The SMILES string of the molecule is COC(=O)C(C)Sc1ccccc1C(=O)NCCNC(=O)C1CCCC1. The van der Waals surface area contributed by atoms with E-state index in [1.54, 1.807) is 25.1 Å². The Labute approximate surface area is 158 Å². The van der Waals surface area contributed by atoms with Crippen LogP contribution < -0.4 is 10.6 Å². The van der Waals surface area contributed by atoms with E-state index in [0.717, 1.165) is 30.6 Å². The molecule has 142 valence electrons. The van der Waals surface area contributed by atoms with Gasteiger partial charge in [0, 0.05) is 23.9 Å². The van der Waals surface area contributed by atoms with E-state index in [-0.39, 0.29) is 23.7 Å². The summed E-state index contributed by atoms with van der Waals surface area (Å²) in [4.78, 5) is 36.7. The van der Waals surface area contributed by atoms with Crippen molar-refractivity contribution in [3.63, 3.8) is 0 Å². The molecule has 1 aliphatic rings. The van der Waals surface area contributed by atoms with Crippen molar-refractivity contribution in [3.05, 3.63) is 29.8 Å². The van der Waals surface area contributed by atoms with Gasteiger partial charge >= 0.3 is 5.97 Å². The Balaban J connectivity index is 1.83. The van der Waals surface area contributed by atoms with Gasteiger partial charge in [0.25, 0.3) is 5.91 Å². The third-order valence-electron chi connectivity index (χ3n) is 4.40. The van der Waals surface area contributed by atoms with Crippen LogP contribution in [0.1, 0.15) is 43.0 Å². The van der Waals surface area contributed by atoms with Crippen LogP contribution >= 0.6 is 11.8 Å². The molecular weight excluding hydrogens is 352 g/mol. The highest BCUT2D eigenvalue weighted by molar-refractivity contribution is 8.00. The van der Waals surface area contributed by atoms with Crippen molar-refractivity contribution in [2.75, 3.05) is 20.2 Å². The van der Waals surface area contributed by atoms with E-state index >= 15 is 0 Å². The molecule has 0 bridgehead atoms. The van der Waals surface area contributed by atoms with Crippen molar-refractivity contribution in [2.45, 2.75) is 42.8 Å². The van der Waals surface area contributed by atoms with E-state index in [1.165, 1.54) is 18.9 Å². The molecule has 1 aromatic rings. The van der Waals surface area contributed by atoms with Crippen LogP contribution in [0.4, 0.5) is 0 Å². The first-order chi connectivity index (χ1) is 12.5. The van der Waals surface area contributed by atoms with E-state index in [4.69, 9.17) is 4.74 Å². The molecule has 2 amide bonds. The van der Waals surface area contributed by atoms with Crippen LogP contribution in [0.2, 0.25) is 0 Å². The van der Waals surface area contributed by atoms with Crippen molar-refractivity contribution in [3.8, 4) is 0 Å². The highest BCUT2D eigenvalue weighted by atomic mass is 32.2. The van der Waals surface area contributed by atoms with E-state index < -0.39 is 5.25 Å². The fraction of sp³-hybridized carbons (Fsp3) is 0.526. The molecule has 1 saturated carbocycles. The number of methoxy groups -OCH3 is 1. The maximum atomic E-state index is 12.4. The predicted molar refractivity (Wildman–Crippen MR) is 101 cm³/mol. The molecule has 0 aliphatic heterocycles. The van der Waals surface area contributed by atoms with Crippen LogP contribution in [0.5, 0.6) is 0 Å². The summed E-state index contributed by atoms with van der Waals surface area (Å²) < 4.78 is 4.73. The number of benzene rings is 1. The summed E-state index contributed by atoms with van der Waals surface area (Å²) in [5.74, 6) is -0.345. The second-order valence-electron chi connectivity index (χ2n) is 6.31. The third kappa shape index (κ3) is 5.76. The number of hydrogen-bond donors (Lipinski definition) is 2. The standard InChI is InChI=1S/C19H26N2O4S/c1-13(19(24)25-2)26-16-10-6-5-9-15(16)18(23)21-12-11-20-17(22)14-7-3-4-8-14/h5-6,9-10,13-14H,3-4,7-8,11-12H2,1-2H3,(H,20,22)(H,21,23). The van der Waals surface area contributed by atoms with Gasteiger partial charge in [-0.2, -0.15) is 0 Å². The zero-order chi connectivity index (χ0) is 18.9. The van der Waals surface area contributed by atoms with Gasteiger partial charge in [-0.05, 0) is 31.9 Å². The molecule has 6 nitrogen and oxygen atoms in total. The Bertz CT molecular complexity index is 644. The molecule has 0 spiro atoms. The fourth-order valence-corrected chi connectivity index (χ4v) is 3.97. The smallest absolute Gasteiger partial charge is 0.318 e. The second kappa shape index (κ2) is 10.2. The molecule has 1 aliphatic carbocycles. The first kappa shape index (κ1) is 20.3. The van der Waals surface area contributed by atoms with Gasteiger partial charge in [0.05, 0.1) is 12.7 Å². The van der Waals surface area contributed by atoms with Gasteiger partial charge in [-0.25, -0.2) is 0 Å². The Morgan fingerprint density at radius 1 is 1.15 bits per heavy atom. The second-order valence-corrected chi connectivity index (χ2v) is 7.69. The summed E-state index contributed by atoms with van der Waals surface area (Å²) in [6.45, 7) is 2.52. The molecule has 0 aromatic heterocycles. The first-order valence-electron chi connectivity index (χ1n) is 8.92. The van der Waals surface area contributed by atoms with Crippen molar-refractivity contribution in [2.24, 2.45) is 5.92 Å². The third-order valence-corrected chi connectivity index (χ3v) is 5.56. The molecule has 1 unspecified atom stereocenters. The van der Waals surface area contributed by atoms with Crippen LogP contribution in [0, 0.1) is 5.92 Å². The number of rotatable bonds is 8. The molecule has 26 heavy (non-hydrogen) atoms. The number of hydrogen-bond acceptors (Lipinski definition) is 5. The molecule has 0 radical (unpaired) electrons. The summed E-state index contributed by atoms with van der Waals surface area (Å²) in [5, 5.41) is 5.30. The molecule has 2 N–H and O–H groups in total. The van der Waals surface area contributed by atoms with Crippen LogP contribution in [0.3, 0.4) is 0 Å².